The minimum Gasteiger partial charge on any atom is -0.385 e. The monoisotopic (exact) mass is 190 g/mol. The van der Waals surface area contributed by atoms with Gasteiger partial charge in [0.1, 0.15) is 18.3 Å². The molecule has 0 aromatic carbocycles. The predicted molar refractivity (Wildman–Crippen MR) is 42.0 cm³/mol. The minimum absolute atomic E-state index is 0.170. The van der Waals surface area contributed by atoms with Crippen molar-refractivity contribution in [1.82, 2.24) is 0 Å². The molecule has 2 aliphatic rings. The van der Waals surface area contributed by atoms with Gasteiger partial charge in [0, 0.05) is 7.11 Å². The maximum atomic E-state index is 9.70. The summed E-state index contributed by atoms with van der Waals surface area (Å²) in [6, 6.07) is 0. The molecule has 0 saturated carbocycles. The molecular weight excluding hydrogens is 176 g/mol. The molecule has 5 nitrogen and oxygen atoms in total. The van der Waals surface area contributed by atoms with Gasteiger partial charge < -0.3 is 24.1 Å². The predicted octanol–water partition coefficient (Wildman–Crippen LogP) is -0.520. The van der Waals surface area contributed by atoms with Gasteiger partial charge in [-0.15, -0.1) is 0 Å². The Kier molecular flexibility index (Phi) is 2.53. The van der Waals surface area contributed by atoms with E-state index in [-0.39, 0.29) is 18.5 Å². The third kappa shape index (κ3) is 1.58. The van der Waals surface area contributed by atoms with Gasteiger partial charge in [-0.3, -0.25) is 0 Å². The molecule has 2 fully saturated rings. The number of aliphatic hydroxyl groups excluding tert-OH is 1. The summed E-state index contributed by atoms with van der Waals surface area (Å²) >= 11 is 0. The molecule has 0 aliphatic carbocycles. The van der Waals surface area contributed by atoms with Crippen LogP contribution in [-0.4, -0.2) is 49.7 Å². The van der Waals surface area contributed by atoms with Crippen LogP contribution in [0.3, 0.4) is 0 Å². The van der Waals surface area contributed by atoms with Gasteiger partial charge in [0.15, 0.2) is 12.6 Å². The van der Waals surface area contributed by atoms with Gasteiger partial charge in [-0.05, 0) is 6.92 Å². The number of hydrogen-bond donors (Lipinski definition) is 1. The highest BCUT2D eigenvalue weighted by Gasteiger charge is 2.46. The quantitative estimate of drug-likeness (QED) is 0.603. The van der Waals surface area contributed by atoms with E-state index in [0.29, 0.717) is 6.61 Å². The first kappa shape index (κ1) is 9.36. The average Bonchev–Trinajstić information content (AvgIpc) is 2.47. The van der Waals surface area contributed by atoms with Crippen LogP contribution < -0.4 is 0 Å². The smallest absolute Gasteiger partial charge is 0.185 e. The van der Waals surface area contributed by atoms with Crippen LogP contribution in [0.15, 0.2) is 0 Å². The molecule has 0 spiro atoms. The normalized spacial score (nSPS) is 50.5. The number of ether oxygens (including phenoxy) is 4. The Morgan fingerprint density at radius 1 is 1.38 bits per heavy atom. The van der Waals surface area contributed by atoms with Crippen molar-refractivity contribution in [3.8, 4) is 0 Å². The van der Waals surface area contributed by atoms with E-state index < -0.39 is 12.4 Å². The highest BCUT2D eigenvalue weighted by molar-refractivity contribution is 4.88. The van der Waals surface area contributed by atoms with Gasteiger partial charge in [0.05, 0.1) is 6.61 Å². The van der Waals surface area contributed by atoms with Crippen LogP contribution in [0.1, 0.15) is 6.92 Å². The summed E-state index contributed by atoms with van der Waals surface area (Å²) in [6.07, 6.45) is -2.14. The molecule has 5 atom stereocenters. The third-order valence-electron chi connectivity index (χ3n) is 2.35. The van der Waals surface area contributed by atoms with Gasteiger partial charge >= 0.3 is 0 Å². The summed E-state index contributed by atoms with van der Waals surface area (Å²) in [5.41, 5.74) is 0. The van der Waals surface area contributed by atoms with Crippen molar-refractivity contribution in [3.63, 3.8) is 0 Å². The Labute approximate surface area is 76.5 Å². The van der Waals surface area contributed by atoms with Gasteiger partial charge in [-0.25, -0.2) is 0 Å². The molecule has 0 amide bonds. The first-order valence-corrected chi connectivity index (χ1v) is 4.35. The number of methoxy groups -OCH3 is 1. The second-order valence-corrected chi connectivity index (χ2v) is 3.27. The maximum absolute atomic E-state index is 9.70. The molecule has 0 aromatic rings. The maximum Gasteiger partial charge on any atom is 0.185 e. The molecule has 2 aliphatic heterocycles. The van der Waals surface area contributed by atoms with Crippen LogP contribution in [0, 0.1) is 0 Å². The largest absolute Gasteiger partial charge is 0.385 e. The second-order valence-electron chi connectivity index (χ2n) is 3.27. The van der Waals surface area contributed by atoms with Crippen LogP contribution >= 0.6 is 0 Å². The van der Waals surface area contributed by atoms with Gasteiger partial charge in [-0.1, -0.05) is 0 Å². The summed E-state index contributed by atoms with van der Waals surface area (Å²) < 4.78 is 20.9. The van der Waals surface area contributed by atoms with E-state index in [4.69, 9.17) is 18.9 Å². The minimum atomic E-state index is -0.770. The fraction of sp³-hybridized carbons (Fsp3) is 1.00. The Hall–Kier alpha value is -0.200. The van der Waals surface area contributed by atoms with Crippen LogP contribution in [0.2, 0.25) is 0 Å². The molecule has 0 aromatic heterocycles. The summed E-state index contributed by atoms with van der Waals surface area (Å²) in [5, 5.41) is 9.70. The first-order valence-electron chi connectivity index (χ1n) is 4.35. The molecule has 0 radical (unpaired) electrons. The fourth-order valence-corrected chi connectivity index (χ4v) is 1.75. The molecule has 2 rings (SSSR count). The number of aliphatic hydroxyl groups is 1. The lowest BCUT2D eigenvalue weighted by atomic mass is 10.1. The molecular formula is C8H14O5. The van der Waals surface area contributed by atoms with E-state index in [1.54, 1.807) is 6.92 Å². The molecule has 5 heteroatoms. The zero-order valence-electron chi connectivity index (χ0n) is 7.67. The summed E-state index contributed by atoms with van der Waals surface area (Å²) in [5.74, 6) is 0. The Bertz CT molecular complexity index is 185. The molecule has 2 heterocycles. The van der Waals surface area contributed by atoms with Crippen molar-refractivity contribution >= 4 is 0 Å². The first-order chi connectivity index (χ1) is 6.22. The van der Waals surface area contributed by atoms with Crippen molar-refractivity contribution in [2.45, 2.75) is 37.8 Å². The topological polar surface area (TPSA) is 57.2 Å². The highest BCUT2D eigenvalue weighted by atomic mass is 16.8. The fourth-order valence-electron chi connectivity index (χ4n) is 1.75. The van der Waals surface area contributed by atoms with Crippen LogP contribution in [-0.2, 0) is 18.9 Å². The molecule has 1 N–H and O–H groups in total. The highest BCUT2D eigenvalue weighted by Crippen LogP contribution is 2.28. The lowest BCUT2D eigenvalue weighted by Crippen LogP contribution is -2.52. The van der Waals surface area contributed by atoms with E-state index >= 15 is 0 Å². The van der Waals surface area contributed by atoms with Crippen molar-refractivity contribution in [1.29, 1.82) is 0 Å². The molecule has 13 heavy (non-hydrogen) atoms. The SMILES string of the molecule is CO[C@H]1OC[C@@H]2OC(C)O[C@@H]2[C@H]1O. The number of rotatable bonds is 1. The van der Waals surface area contributed by atoms with E-state index in [9.17, 15) is 5.11 Å². The molecule has 0 bridgehead atoms. The Morgan fingerprint density at radius 2 is 2.15 bits per heavy atom. The van der Waals surface area contributed by atoms with Crippen molar-refractivity contribution in [2.24, 2.45) is 0 Å². The zero-order chi connectivity index (χ0) is 9.42. The third-order valence-corrected chi connectivity index (χ3v) is 2.35. The summed E-state index contributed by atoms with van der Waals surface area (Å²) in [7, 11) is 1.49. The summed E-state index contributed by atoms with van der Waals surface area (Å²) in [6.45, 7) is 2.21. The van der Waals surface area contributed by atoms with E-state index in [0.717, 1.165) is 0 Å². The lowest BCUT2D eigenvalue weighted by Gasteiger charge is -2.33. The van der Waals surface area contributed by atoms with E-state index in [1.165, 1.54) is 7.11 Å². The van der Waals surface area contributed by atoms with E-state index in [2.05, 4.69) is 0 Å². The van der Waals surface area contributed by atoms with Crippen molar-refractivity contribution in [3.05, 3.63) is 0 Å². The Morgan fingerprint density at radius 3 is 2.85 bits per heavy atom. The molecule has 2 saturated heterocycles. The number of hydrogen-bond acceptors (Lipinski definition) is 5. The van der Waals surface area contributed by atoms with Crippen molar-refractivity contribution < 1.29 is 24.1 Å². The Balaban J connectivity index is 2.03. The molecule has 1 unspecified atom stereocenters. The van der Waals surface area contributed by atoms with Gasteiger partial charge in [-0.2, -0.15) is 0 Å². The average molecular weight is 190 g/mol. The van der Waals surface area contributed by atoms with Crippen LogP contribution in [0.5, 0.6) is 0 Å². The van der Waals surface area contributed by atoms with Crippen molar-refractivity contribution in [2.75, 3.05) is 13.7 Å². The zero-order valence-corrected chi connectivity index (χ0v) is 7.67. The standard InChI is InChI=1S/C8H14O5/c1-4-12-5-3-11-8(10-2)6(9)7(5)13-4/h4-9H,3H2,1-2H3/t4?,5-,6+,7-,8-/m0/s1. The molecule has 76 valence electrons. The van der Waals surface area contributed by atoms with Crippen LogP contribution in [0.25, 0.3) is 0 Å². The number of fused-ring (bicyclic) bond motifs is 1. The van der Waals surface area contributed by atoms with Crippen LogP contribution in [0.4, 0.5) is 0 Å². The van der Waals surface area contributed by atoms with E-state index in [1.807, 2.05) is 0 Å². The van der Waals surface area contributed by atoms with Gasteiger partial charge in [0.2, 0.25) is 0 Å². The summed E-state index contributed by atoms with van der Waals surface area (Å²) in [4.78, 5) is 0. The lowest BCUT2D eigenvalue weighted by molar-refractivity contribution is -0.241. The van der Waals surface area contributed by atoms with Gasteiger partial charge in [0.25, 0.3) is 0 Å². The second kappa shape index (κ2) is 3.51.